The Hall–Kier alpha value is -19.4. The molecular weight excluding hydrogens is 1730 g/mol. The van der Waals surface area contributed by atoms with E-state index < -0.39 is 0 Å². The van der Waals surface area contributed by atoms with Gasteiger partial charge in [0.25, 0.3) is 0 Å². The lowest BCUT2D eigenvalue weighted by molar-refractivity contribution is 1.27. The van der Waals surface area contributed by atoms with Crippen LogP contribution in [0.15, 0.2) is 456 Å². The van der Waals surface area contributed by atoms with Crippen LogP contribution in [0, 0.1) is 0 Å². The highest BCUT2D eigenvalue weighted by molar-refractivity contribution is 6.31. The fourth-order valence-electron chi connectivity index (χ4n) is 21.4. The molecule has 142 heavy (non-hydrogen) atoms. The van der Waals surface area contributed by atoms with Gasteiger partial charge in [-0.3, -0.25) is 34.9 Å². The second kappa shape index (κ2) is 33.3. The first-order chi connectivity index (χ1) is 70.3. The van der Waals surface area contributed by atoms with Crippen LogP contribution in [0.25, 0.3) is 297 Å². The van der Waals surface area contributed by atoms with Crippen LogP contribution in [-0.2, 0) is 0 Å². The Morgan fingerprint density at radius 3 is 0.796 bits per heavy atom. The Bertz CT molecular complexity index is 9900. The summed E-state index contributed by atoms with van der Waals surface area (Å²) in [5, 5.41) is 29.6. The van der Waals surface area contributed by atoms with Gasteiger partial charge in [-0.25, -0.2) is 29.9 Å². The van der Waals surface area contributed by atoms with E-state index in [4.69, 9.17) is 44.9 Å². The average Bonchev–Trinajstić information content (AvgIpc) is 0.728. The van der Waals surface area contributed by atoms with E-state index in [0.29, 0.717) is 0 Å². The number of rotatable bonds is 11. The Morgan fingerprint density at radius 1 is 0.134 bits per heavy atom. The standard InChI is InChI=1S/C44H26N4.C43H25N5.C42H24N4/c1-2-6-27(7-3-1)37-22-17-32(26-46-37)33-18-11-28-14-21-36-34(19-12-29-13-20-35(33)41(28)42(29)36)38-23-15-30-9-10-31-16-24-40(39-8-4-5-25-45-39)48-44(31)43(30)47-38;1-2-23-45-38(5-1)39-21-13-29-7-6-28-12-20-37(47-42(28)43(29)48-39)33-16-9-27-10-17-34-32(15-8-26-11-18-35(33)41(27)40(26)34)30-14-19-36(46-25-30)31-4-3-22-44-24-31;1-2-6-36-29(4-1)22-31(24-44-36)32-15-9-25-12-18-35-33(16-10-26-11-17-34(32)39(25)40(26)35)38-20-14-28-8-7-27-13-19-37(30-5-3-21-43-23-30)45-41(27)42(28)46-38/h1-26H;1-25H;1-24H. The van der Waals surface area contributed by atoms with Crippen molar-refractivity contribution in [1.29, 1.82) is 0 Å². The summed E-state index contributed by atoms with van der Waals surface area (Å²) >= 11 is 0. The summed E-state index contributed by atoms with van der Waals surface area (Å²) in [5.74, 6) is 0. The van der Waals surface area contributed by atoms with Gasteiger partial charge in [0.1, 0.15) is 0 Å². The van der Waals surface area contributed by atoms with Crippen LogP contribution in [0.4, 0.5) is 0 Å². The minimum absolute atomic E-state index is 0.836. The number of para-hydroxylation sites is 1. The van der Waals surface area contributed by atoms with E-state index in [0.717, 1.165) is 189 Å². The number of pyridine rings is 13. The second-order valence-corrected chi connectivity index (χ2v) is 36.3. The lowest BCUT2D eigenvalue weighted by Gasteiger charge is -2.16. The predicted molar refractivity (Wildman–Crippen MR) is 584 cm³/mol. The van der Waals surface area contributed by atoms with Crippen molar-refractivity contribution in [3.05, 3.63) is 456 Å². The maximum absolute atomic E-state index is 5.30. The van der Waals surface area contributed by atoms with Gasteiger partial charge < -0.3 is 0 Å². The van der Waals surface area contributed by atoms with Gasteiger partial charge in [-0.2, -0.15) is 0 Å². The Labute approximate surface area is 812 Å². The number of nitrogens with zero attached hydrogens (tertiary/aromatic N) is 13. The van der Waals surface area contributed by atoms with Crippen molar-refractivity contribution >= 4 is 173 Å². The average molecular weight is 1810 g/mol. The van der Waals surface area contributed by atoms with E-state index in [-0.39, 0.29) is 0 Å². The van der Waals surface area contributed by atoms with Crippen LogP contribution in [0.5, 0.6) is 0 Å². The van der Waals surface area contributed by atoms with Gasteiger partial charge in [0.2, 0.25) is 0 Å². The van der Waals surface area contributed by atoms with Gasteiger partial charge in [0.05, 0.1) is 95.6 Å². The molecule has 17 aromatic carbocycles. The first-order valence-electron chi connectivity index (χ1n) is 47.6. The maximum Gasteiger partial charge on any atom is 0.0973 e. The molecule has 0 saturated heterocycles. The van der Waals surface area contributed by atoms with Crippen molar-refractivity contribution < 1.29 is 0 Å². The minimum atomic E-state index is 0.836. The zero-order valence-corrected chi connectivity index (χ0v) is 76.1. The van der Waals surface area contributed by atoms with Gasteiger partial charge in [-0.1, -0.05) is 291 Å². The third-order valence-electron chi connectivity index (χ3n) is 28.3. The van der Waals surface area contributed by atoms with E-state index in [1.54, 1.807) is 24.8 Å². The number of aromatic nitrogens is 13. The molecule has 656 valence electrons. The predicted octanol–water partition coefficient (Wildman–Crippen LogP) is 32.3. The summed E-state index contributed by atoms with van der Waals surface area (Å²) in [6.07, 6.45) is 16.8. The normalized spacial score (nSPS) is 11.8. The van der Waals surface area contributed by atoms with E-state index in [2.05, 4.69) is 323 Å². The molecule has 0 aliphatic heterocycles. The highest BCUT2D eigenvalue weighted by Crippen LogP contribution is 2.49. The molecule has 0 aliphatic carbocycles. The van der Waals surface area contributed by atoms with Crippen molar-refractivity contribution in [3.63, 3.8) is 0 Å². The molecule has 0 aliphatic rings. The zero-order valence-electron chi connectivity index (χ0n) is 76.1. The largest absolute Gasteiger partial charge is 0.264 e. The molecular formula is C129H75N13. The lowest BCUT2D eigenvalue weighted by Crippen LogP contribution is -1.93. The van der Waals surface area contributed by atoms with Crippen molar-refractivity contribution in [2.24, 2.45) is 0 Å². The molecule has 0 spiro atoms. The maximum atomic E-state index is 5.30. The fraction of sp³-hybridized carbons (Fsp3) is 0. The molecule has 0 fully saturated rings. The van der Waals surface area contributed by atoms with Gasteiger partial charge in [-0.05, 0) is 223 Å². The van der Waals surface area contributed by atoms with E-state index in [1.165, 1.54) is 108 Å². The molecule has 0 amide bonds. The third-order valence-corrected chi connectivity index (χ3v) is 28.3. The molecule has 13 heterocycles. The van der Waals surface area contributed by atoms with Gasteiger partial charge >= 0.3 is 0 Å². The van der Waals surface area contributed by atoms with Crippen molar-refractivity contribution in [1.82, 2.24) is 64.8 Å². The fourth-order valence-corrected chi connectivity index (χ4v) is 21.4. The summed E-state index contributed by atoms with van der Waals surface area (Å²) in [6, 6.07) is 141. The Morgan fingerprint density at radius 2 is 0.423 bits per heavy atom. The molecule has 30 aromatic rings. The van der Waals surface area contributed by atoms with Crippen LogP contribution in [0.3, 0.4) is 0 Å². The highest BCUT2D eigenvalue weighted by Gasteiger charge is 2.24. The SMILES string of the molecule is c1ccc(-c2ccc(-c3ccc4ccc5c(-c6ccc7ccc8ccc(-c9ccccn9)nc8c7n6)ccc6ccc3c4c65)cn2)cc1.c1ccc(-c2ccc3ccc4ccc(-c5ccc6ccc7c(-c8ccc(-c9cccnc9)nc8)ccc8ccc5c6c87)nc4c3n2)nc1.c1cncc(-c2ccc3ccc4ccc(-c5ccc6ccc7c(-c8cnc9ccccc9c8)ccc8ccc5c6c87)nc4c3n2)c1. The zero-order chi connectivity index (χ0) is 93.4. The molecule has 30 rings (SSSR count). The van der Waals surface area contributed by atoms with Crippen molar-refractivity contribution in [3.8, 4) is 124 Å². The molecule has 0 radical (unpaired) electrons. The van der Waals surface area contributed by atoms with Crippen molar-refractivity contribution in [2.75, 3.05) is 0 Å². The minimum Gasteiger partial charge on any atom is -0.264 e. The van der Waals surface area contributed by atoms with E-state index in [1.807, 2.05) is 128 Å². The molecule has 0 bridgehead atoms. The summed E-state index contributed by atoms with van der Waals surface area (Å²) in [4.78, 5) is 63.1. The topological polar surface area (TPSA) is 168 Å². The lowest BCUT2D eigenvalue weighted by atomic mass is 9.88. The molecule has 13 heteroatoms. The van der Waals surface area contributed by atoms with Crippen LogP contribution >= 0.6 is 0 Å². The van der Waals surface area contributed by atoms with Crippen LogP contribution in [0.2, 0.25) is 0 Å². The highest BCUT2D eigenvalue weighted by atomic mass is 14.8. The van der Waals surface area contributed by atoms with Gasteiger partial charge in [0.15, 0.2) is 0 Å². The third kappa shape index (κ3) is 13.8. The van der Waals surface area contributed by atoms with Crippen LogP contribution < -0.4 is 0 Å². The summed E-state index contributed by atoms with van der Waals surface area (Å²) in [6.45, 7) is 0. The smallest absolute Gasteiger partial charge is 0.0973 e. The second-order valence-electron chi connectivity index (χ2n) is 36.3. The first kappa shape index (κ1) is 81.0. The molecule has 0 N–H and O–H groups in total. The van der Waals surface area contributed by atoms with Gasteiger partial charge in [-0.15, -0.1) is 0 Å². The van der Waals surface area contributed by atoms with Crippen LogP contribution in [0.1, 0.15) is 0 Å². The summed E-state index contributed by atoms with van der Waals surface area (Å²) in [7, 11) is 0. The summed E-state index contributed by atoms with van der Waals surface area (Å²) in [5.41, 5.74) is 28.6. The quantitative estimate of drug-likeness (QED) is 0.112. The Kier molecular flexibility index (Phi) is 19.0. The molecule has 0 saturated carbocycles. The molecule has 0 unspecified atom stereocenters. The number of fused-ring (bicyclic) bond motifs is 10. The van der Waals surface area contributed by atoms with Crippen LogP contribution in [-0.4, -0.2) is 64.8 Å². The number of hydrogen-bond donors (Lipinski definition) is 0. The molecule has 13 aromatic heterocycles. The van der Waals surface area contributed by atoms with E-state index in [9.17, 15) is 0 Å². The number of hydrogen-bond acceptors (Lipinski definition) is 13. The van der Waals surface area contributed by atoms with Gasteiger partial charge in [0, 0.05) is 144 Å². The molecule has 0 atom stereocenters. The first-order valence-corrected chi connectivity index (χ1v) is 47.6. The molecule has 13 nitrogen and oxygen atoms in total. The number of benzene rings is 17. The van der Waals surface area contributed by atoms with Crippen molar-refractivity contribution in [2.45, 2.75) is 0 Å². The summed E-state index contributed by atoms with van der Waals surface area (Å²) < 4.78 is 0. The van der Waals surface area contributed by atoms with E-state index >= 15 is 0 Å². The monoisotopic (exact) mass is 1810 g/mol. The Balaban J connectivity index is 0.000000104.